The summed E-state index contributed by atoms with van der Waals surface area (Å²) in [5.74, 6) is 0.299. The molecule has 0 aliphatic heterocycles. The second-order valence-corrected chi connectivity index (χ2v) is 4.75. The van der Waals surface area contributed by atoms with Crippen LogP contribution in [0.2, 0.25) is 0 Å². The van der Waals surface area contributed by atoms with Gasteiger partial charge in [-0.25, -0.2) is 0 Å². The van der Waals surface area contributed by atoms with E-state index in [-0.39, 0.29) is 11.0 Å². The van der Waals surface area contributed by atoms with E-state index in [1.165, 1.54) is 11.6 Å². The van der Waals surface area contributed by atoms with Crippen molar-refractivity contribution in [3.05, 3.63) is 60.1 Å². The Morgan fingerprint density at radius 3 is 2.67 bits per heavy atom. The molecule has 108 valence electrons. The largest absolute Gasteiger partial charge is 0.465 e. The van der Waals surface area contributed by atoms with Crippen molar-refractivity contribution in [1.82, 2.24) is 5.32 Å². The number of furan rings is 1. The summed E-state index contributed by atoms with van der Waals surface area (Å²) >= 11 is 5.09. The number of rotatable bonds is 4. The molecular formula is C16H16N2O2S. The summed E-state index contributed by atoms with van der Waals surface area (Å²) in [6.07, 6.45) is 5.48. The molecule has 0 aliphatic rings. The SMILES string of the molecule is CCc1ccc(NC(=S)NC(=O)C=Cc2ccco2)cc1. The zero-order valence-corrected chi connectivity index (χ0v) is 12.4. The van der Waals surface area contributed by atoms with Gasteiger partial charge in [0.05, 0.1) is 6.26 Å². The van der Waals surface area contributed by atoms with Crippen LogP contribution in [-0.4, -0.2) is 11.0 Å². The standard InChI is InChI=1S/C16H16N2O2S/c1-2-12-5-7-13(8-6-12)17-16(21)18-15(19)10-9-14-4-3-11-20-14/h3-11H,2H2,1H3,(H2,17,18,19,21). The molecule has 0 atom stereocenters. The van der Waals surface area contributed by atoms with Crippen molar-refractivity contribution in [2.24, 2.45) is 0 Å². The number of thiocarbonyl (C=S) groups is 1. The Bertz CT molecular complexity index is 631. The summed E-state index contributed by atoms with van der Waals surface area (Å²) in [5.41, 5.74) is 2.09. The Labute approximate surface area is 128 Å². The van der Waals surface area contributed by atoms with Crippen LogP contribution in [0.4, 0.5) is 5.69 Å². The summed E-state index contributed by atoms with van der Waals surface area (Å²) in [6, 6.07) is 11.4. The smallest absolute Gasteiger partial charge is 0.250 e. The molecule has 0 saturated carbocycles. The molecule has 1 aromatic carbocycles. The molecule has 5 heteroatoms. The lowest BCUT2D eigenvalue weighted by Gasteiger charge is -2.08. The highest BCUT2D eigenvalue weighted by atomic mass is 32.1. The third-order valence-corrected chi connectivity index (χ3v) is 3.00. The van der Waals surface area contributed by atoms with E-state index in [1.807, 2.05) is 24.3 Å². The van der Waals surface area contributed by atoms with Gasteiger partial charge in [0, 0.05) is 11.8 Å². The van der Waals surface area contributed by atoms with E-state index in [4.69, 9.17) is 16.6 Å². The van der Waals surface area contributed by atoms with Crippen molar-refractivity contribution in [3.63, 3.8) is 0 Å². The van der Waals surface area contributed by atoms with Crippen LogP contribution in [0.5, 0.6) is 0 Å². The first-order chi connectivity index (χ1) is 10.2. The van der Waals surface area contributed by atoms with E-state index in [0.29, 0.717) is 5.76 Å². The molecule has 0 aliphatic carbocycles. The Morgan fingerprint density at radius 2 is 2.05 bits per heavy atom. The van der Waals surface area contributed by atoms with Crippen LogP contribution < -0.4 is 10.6 Å². The molecule has 0 saturated heterocycles. The molecule has 0 radical (unpaired) electrons. The first-order valence-corrected chi connectivity index (χ1v) is 7.00. The van der Waals surface area contributed by atoms with Crippen molar-refractivity contribution in [2.45, 2.75) is 13.3 Å². The van der Waals surface area contributed by atoms with Crippen LogP contribution >= 0.6 is 12.2 Å². The van der Waals surface area contributed by atoms with Gasteiger partial charge >= 0.3 is 0 Å². The van der Waals surface area contributed by atoms with Crippen LogP contribution in [0.1, 0.15) is 18.2 Å². The Balaban J connectivity index is 1.84. The van der Waals surface area contributed by atoms with E-state index in [0.717, 1.165) is 12.1 Å². The minimum atomic E-state index is -0.311. The fourth-order valence-electron chi connectivity index (χ4n) is 1.68. The highest BCUT2D eigenvalue weighted by Crippen LogP contribution is 2.09. The molecule has 0 bridgehead atoms. The normalized spacial score (nSPS) is 10.5. The van der Waals surface area contributed by atoms with Crippen LogP contribution in [-0.2, 0) is 11.2 Å². The topological polar surface area (TPSA) is 54.3 Å². The van der Waals surface area contributed by atoms with E-state index >= 15 is 0 Å². The van der Waals surface area contributed by atoms with Gasteiger partial charge in [-0.3, -0.25) is 10.1 Å². The van der Waals surface area contributed by atoms with E-state index in [1.54, 1.807) is 24.5 Å². The second-order valence-electron chi connectivity index (χ2n) is 4.34. The highest BCUT2D eigenvalue weighted by Gasteiger charge is 2.02. The van der Waals surface area contributed by atoms with Crippen molar-refractivity contribution < 1.29 is 9.21 Å². The summed E-state index contributed by atoms with van der Waals surface area (Å²) in [6.45, 7) is 2.10. The third-order valence-electron chi connectivity index (χ3n) is 2.80. The first kappa shape index (κ1) is 15.0. The monoisotopic (exact) mass is 300 g/mol. The average molecular weight is 300 g/mol. The molecule has 1 heterocycles. The van der Waals surface area contributed by atoms with E-state index < -0.39 is 0 Å². The maximum Gasteiger partial charge on any atom is 0.250 e. The van der Waals surface area contributed by atoms with Gasteiger partial charge in [-0.15, -0.1) is 0 Å². The van der Waals surface area contributed by atoms with Crippen molar-refractivity contribution in [3.8, 4) is 0 Å². The fraction of sp³-hybridized carbons (Fsp3) is 0.125. The molecule has 1 amide bonds. The number of benzene rings is 1. The lowest BCUT2D eigenvalue weighted by Crippen LogP contribution is -2.32. The molecule has 0 fully saturated rings. The lowest BCUT2D eigenvalue weighted by molar-refractivity contribution is -0.115. The van der Waals surface area contributed by atoms with E-state index in [2.05, 4.69) is 17.6 Å². The molecule has 2 rings (SSSR count). The van der Waals surface area contributed by atoms with Crippen LogP contribution in [0.25, 0.3) is 6.08 Å². The molecule has 0 spiro atoms. The molecule has 21 heavy (non-hydrogen) atoms. The Morgan fingerprint density at radius 1 is 1.29 bits per heavy atom. The average Bonchev–Trinajstić information content (AvgIpc) is 2.99. The van der Waals surface area contributed by atoms with Crippen molar-refractivity contribution >= 4 is 35.0 Å². The number of aryl methyl sites for hydroxylation is 1. The minimum Gasteiger partial charge on any atom is -0.465 e. The predicted octanol–water partition coefficient (Wildman–Crippen LogP) is 3.37. The van der Waals surface area contributed by atoms with Gasteiger partial charge in [0.25, 0.3) is 0 Å². The zero-order chi connectivity index (χ0) is 15.1. The first-order valence-electron chi connectivity index (χ1n) is 6.60. The number of carbonyl (C=O) groups excluding carboxylic acids is 1. The van der Waals surface area contributed by atoms with Crippen LogP contribution in [0, 0.1) is 0 Å². The quantitative estimate of drug-likeness (QED) is 0.671. The maximum absolute atomic E-state index is 11.7. The molecule has 0 unspecified atom stereocenters. The summed E-state index contributed by atoms with van der Waals surface area (Å²) in [4.78, 5) is 11.7. The summed E-state index contributed by atoms with van der Waals surface area (Å²) in [5, 5.41) is 5.79. The maximum atomic E-state index is 11.7. The number of anilines is 1. The van der Waals surface area contributed by atoms with Gasteiger partial charge in [-0.1, -0.05) is 19.1 Å². The highest BCUT2D eigenvalue weighted by molar-refractivity contribution is 7.80. The van der Waals surface area contributed by atoms with Gasteiger partial charge in [0.1, 0.15) is 5.76 Å². The molecule has 2 aromatic rings. The predicted molar refractivity (Wildman–Crippen MR) is 87.9 cm³/mol. The molecule has 2 N–H and O–H groups in total. The number of amides is 1. The molecule has 4 nitrogen and oxygen atoms in total. The zero-order valence-electron chi connectivity index (χ0n) is 11.6. The number of carbonyl (C=O) groups is 1. The van der Waals surface area contributed by atoms with Gasteiger partial charge in [0.15, 0.2) is 5.11 Å². The minimum absolute atomic E-state index is 0.258. The second kappa shape index (κ2) is 7.40. The summed E-state index contributed by atoms with van der Waals surface area (Å²) < 4.78 is 5.09. The summed E-state index contributed by atoms with van der Waals surface area (Å²) in [7, 11) is 0. The Kier molecular flexibility index (Phi) is 5.29. The van der Waals surface area contributed by atoms with Crippen LogP contribution in [0.3, 0.4) is 0 Å². The number of hydrogen-bond donors (Lipinski definition) is 2. The van der Waals surface area contributed by atoms with Gasteiger partial charge in [0.2, 0.25) is 5.91 Å². The number of nitrogens with one attached hydrogen (secondary N) is 2. The van der Waals surface area contributed by atoms with Crippen molar-refractivity contribution in [2.75, 3.05) is 5.32 Å². The van der Waals surface area contributed by atoms with E-state index in [9.17, 15) is 4.79 Å². The van der Waals surface area contributed by atoms with Crippen LogP contribution in [0.15, 0.2) is 53.2 Å². The van der Waals surface area contributed by atoms with Crippen molar-refractivity contribution in [1.29, 1.82) is 0 Å². The lowest BCUT2D eigenvalue weighted by atomic mass is 10.1. The van der Waals surface area contributed by atoms with Gasteiger partial charge in [-0.2, -0.15) is 0 Å². The fourth-order valence-corrected chi connectivity index (χ4v) is 1.90. The van der Waals surface area contributed by atoms with Gasteiger partial charge in [-0.05, 0) is 54.5 Å². The van der Waals surface area contributed by atoms with Gasteiger partial charge < -0.3 is 9.73 Å². The molecular weight excluding hydrogens is 284 g/mol. The molecule has 1 aromatic heterocycles. The third kappa shape index (κ3) is 4.89. The number of hydrogen-bond acceptors (Lipinski definition) is 3. The Hall–Kier alpha value is -2.40.